The quantitative estimate of drug-likeness (QED) is 0.176. The van der Waals surface area contributed by atoms with Crippen molar-refractivity contribution in [1.82, 2.24) is 14.5 Å². The summed E-state index contributed by atoms with van der Waals surface area (Å²) in [6, 6.07) is 57.5. The molecule has 11 rings (SSSR count). The van der Waals surface area contributed by atoms with Gasteiger partial charge in [0.15, 0.2) is 0 Å². The van der Waals surface area contributed by atoms with Crippen LogP contribution in [0.4, 0.5) is 0 Å². The molecule has 3 nitrogen and oxygen atoms in total. The summed E-state index contributed by atoms with van der Waals surface area (Å²) in [6.45, 7) is 4.77. The fraction of sp³-hybridized carbons (Fsp3) is 0.0612. The third-order valence-electron chi connectivity index (χ3n) is 11.4. The van der Waals surface area contributed by atoms with Crippen molar-refractivity contribution in [2.24, 2.45) is 0 Å². The number of hydrogen-bond acceptors (Lipinski definition) is 2. The summed E-state index contributed by atoms with van der Waals surface area (Å²) >= 11 is 0. The average Bonchev–Trinajstić information content (AvgIpc) is 3.64. The standard InChI is InChI=1S/C49H33N3/c1-49(2)42-27-32(20-22-37(42)40-29-46-41(28-43(40)49)39-16-8-9-17-45(39)52(46)33-12-4-3-5-13-33)34-23-24-38(36-15-7-6-14-35(34)36)44-25-21-31-19-18-30-11-10-26-50-47(30)48(31)51-44/h3-29H,1-2H3. The van der Waals surface area contributed by atoms with Gasteiger partial charge in [-0.2, -0.15) is 0 Å². The SMILES string of the molecule is CC1(C)c2cc(-c3ccc(-c4ccc5ccc6cccnc6c5n4)c4ccccc34)ccc2-c2cc3c(cc21)c1ccccc1n3-c1ccccc1. The molecule has 0 amide bonds. The molecule has 0 radical (unpaired) electrons. The van der Waals surface area contributed by atoms with E-state index in [1.807, 2.05) is 12.3 Å². The maximum absolute atomic E-state index is 5.21. The number of nitrogens with zero attached hydrogens (tertiary/aromatic N) is 3. The number of hydrogen-bond donors (Lipinski definition) is 0. The van der Waals surface area contributed by atoms with Gasteiger partial charge < -0.3 is 4.57 Å². The van der Waals surface area contributed by atoms with Crippen LogP contribution in [0.1, 0.15) is 25.0 Å². The minimum atomic E-state index is -0.160. The van der Waals surface area contributed by atoms with Crippen LogP contribution in [0.2, 0.25) is 0 Å². The summed E-state index contributed by atoms with van der Waals surface area (Å²) in [5.41, 5.74) is 15.3. The molecule has 0 spiro atoms. The zero-order chi connectivity index (χ0) is 34.6. The van der Waals surface area contributed by atoms with Gasteiger partial charge in [-0.3, -0.25) is 4.98 Å². The highest BCUT2D eigenvalue weighted by Crippen LogP contribution is 2.52. The summed E-state index contributed by atoms with van der Waals surface area (Å²) in [4.78, 5) is 9.91. The van der Waals surface area contributed by atoms with Gasteiger partial charge in [0, 0.05) is 44.4 Å². The molecule has 0 saturated heterocycles. The van der Waals surface area contributed by atoms with E-state index in [-0.39, 0.29) is 5.41 Å². The van der Waals surface area contributed by atoms with Crippen molar-refractivity contribution < 1.29 is 0 Å². The molecule has 1 aliphatic rings. The molecule has 0 fully saturated rings. The van der Waals surface area contributed by atoms with Gasteiger partial charge in [-0.15, -0.1) is 0 Å². The molecule has 3 heterocycles. The van der Waals surface area contributed by atoms with E-state index in [2.05, 4.69) is 170 Å². The van der Waals surface area contributed by atoms with Crippen LogP contribution in [0.15, 0.2) is 164 Å². The minimum Gasteiger partial charge on any atom is -0.309 e. The van der Waals surface area contributed by atoms with Gasteiger partial charge in [0.05, 0.1) is 27.8 Å². The number of benzene rings is 7. The lowest BCUT2D eigenvalue weighted by Gasteiger charge is -2.22. The second-order valence-electron chi connectivity index (χ2n) is 14.6. The zero-order valence-corrected chi connectivity index (χ0v) is 28.9. The largest absolute Gasteiger partial charge is 0.309 e. The van der Waals surface area contributed by atoms with E-state index in [0.717, 1.165) is 33.1 Å². The number of fused-ring (bicyclic) bond motifs is 10. The average molecular weight is 664 g/mol. The Morgan fingerprint density at radius 1 is 0.462 bits per heavy atom. The molecule has 0 bridgehead atoms. The molecule has 0 aliphatic heterocycles. The number of aromatic nitrogens is 3. The van der Waals surface area contributed by atoms with Crippen LogP contribution in [0, 0.1) is 0 Å². The first-order valence-electron chi connectivity index (χ1n) is 18.0. The summed E-state index contributed by atoms with van der Waals surface area (Å²) in [6.07, 6.45) is 1.85. The maximum atomic E-state index is 5.21. The predicted molar refractivity (Wildman–Crippen MR) is 217 cm³/mol. The predicted octanol–water partition coefficient (Wildman–Crippen LogP) is 12.7. The third-order valence-corrected chi connectivity index (χ3v) is 11.4. The Morgan fingerprint density at radius 3 is 1.98 bits per heavy atom. The fourth-order valence-electron chi connectivity index (χ4n) is 8.87. The van der Waals surface area contributed by atoms with Crippen LogP contribution >= 0.6 is 0 Å². The lowest BCUT2D eigenvalue weighted by atomic mass is 9.81. The van der Waals surface area contributed by atoms with Crippen LogP contribution in [-0.4, -0.2) is 14.5 Å². The molecule has 10 aromatic rings. The van der Waals surface area contributed by atoms with E-state index in [0.29, 0.717) is 0 Å². The molecule has 0 saturated carbocycles. The normalized spacial score (nSPS) is 13.3. The Balaban J connectivity index is 1.07. The first-order valence-corrected chi connectivity index (χ1v) is 18.0. The molecule has 52 heavy (non-hydrogen) atoms. The maximum Gasteiger partial charge on any atom is 0.0972 e. The highest BCUT2D eigenvalue weighted by Gasteiger charge is 2.36. The number of pyridine rings is 2. The Morgan fingerprint density at radius 2 is 1.13 bits per heavy atom. The third kappa shape index (κ3) is 4.08. The van der Waals surface area contributed by atoms with Crippen molar-refractivity contribution in [2.75, 3.05) is 0 Å². The Bertz CT molecular complexity index is 3100. The van der Waals surface area contributed by atoms with Crippen molar-refractivity contribution in [1.29, 1.82) is 0 Å². The monoisotopic (exact) mass is 663 g/mol. The summed E-state index contributed by atoms with van der Waals surface area (Å²) in [7, 11) is 0. The van der Waals surface area contributed by atoms with Crippen molar-refractivity contribution in [3.05, 3.63) is 175 Å². The van der Waals surface area contributed by atoms with Gasteiger partial charge in [0.1, 0.15) is 0 Å². The Hall–Kier alpha value is -6.58. The van der Waals surface area contributed by atoms with E-state index in [1.165, 1.54) is 71.6 Å². The van der Waals surface area contributed by atoms with Gasteiger partial charge >= 0.3 is 0 Å². The van der Waals surface area contributed by atoms with E-state index < -0.39 is 0 Å². The molecule has 1 aliphatic carbocycles. The Labute approximate surface area is 301 Å². The molecular formula is C49H33N3. The molecule has 3 aromatic heterocycles. The first-order chi connectivity index (χ1) is 25.5. The molecule has 3 heteroatoms. The van der Waals surface area contributed by atoms with E-state index in [9.17, 15) is 0 Å². The zero-order valence-electron chi connectivity index (χ0n) is 28.9. The summed E-state index contributed by atoms with van der Waals surface area (Å²) in [5, 5.41) is 7.20. The van der Waals surface area contributed by atoms with E-state index >= 15 is 0 Å². The van der Waals surface area contributed by atoms with Gasteiger partial charge in [-0.1, -0.05) is 123 Å². The molecule has 244 valence electrons. The smallest absolute Gasteiger partial charge is 0.0972 e. The second-order valence-corrected chi connectivity index (χ2v) is 14.6. The molecule has 0 atom stereocenters. The van der Waals surface area contributed by atoms with Crippen molar-refractivity contribution in [3.8, 4) is 39.2 Å². The molecular weight excluding hydrogens is 631 g/mol. The summed E-state index contributed by atoms with van der Waals surface area (Å²) in [5.74, 6) is 0. The van der Waals surface area contributed by atoms with Crippen LogP contribution in [0.3, 0.4) is 0 Å². The van der Waals surface area contributed by atoms with Crippen LogP contribution in [0.5, 0.6) is 0 Å². The lowest BCUT2D eigenvalue weighted by Crippen LogP contribution is -2.15. The molecule has 0 N–H and O–H groups in total. The topological polar surface area (TPSA) is 30.7 Å². The van der Waals surface area contributed by atoms with Gasteiger partial charge in [-0.25, -0.2) is 4.98 Å². The van der Waals surface area contributed by atoms with Crippen LogP contribution in [0.25, 0.3) is 93.6 Å². The van der Waals surface area contributed by atoms with Gasteiger partial charge in [0.25, 0.3) is 0 Å². The Kier molecular flexibility index (Phi) is 6.01. The highest BCUT2D eigenvalue weighted by molar-refractivity contribution is 6.12. The second kappa shape index (κ2) is 10.7. The fourth-order valence-corrected chi connectivity index (χ4v) is 8.87. The molecule has 7 aromatic carbocycles. The summed E-state index contributed by atoms with van der Waals surface area (Å²) < 4.78 is 2.42. The lowest BCUT2D eigenvalue weighted by molar-refractivity contribution is 0.661. The van der Waals surface area contributed by atoms with Crippen molar-refractivity contribution in [3.63, 3.8) is 0 Å². The minimum absolute atomic E-state index is 0.160. The number of para-hydroxylation sites is 2. The van der Waals surface area contributed by atoms with Gasteiger partial charge in [0.2, 0.25) is 0 Å². The van der Waals surface area contributed by atoms with E-state index in [4.69, 9.17) is 9.97 Å². The van der Waals surface area contributed by atoms with Crippen molar-refractivity contribution in [2.45, 2.75) is 19.3 Å². The van der Waals surface area contributed by atoms with E-state index in [1.54, 1.807) is 0 Å². The van der Waals surface area contributed by atoms with Crippen LogP contribution in [-0.2, 0) is 5.41 Å². The van der Waals surface area contributed by atoms with Crippen molar-refractivity contribution >= 4 is 54.4 Å². The molecule has 0 unspecified atom stereocenters. The van der Waals surface area contributed by atoms with Crippen LogP contribution < -0.4 is 0 Å². The number of rotatable bonds is 3. The van der Waals surface area contributed by atoms with Gasteiger partial charge in [-0.05, 0) is 92.7 Å². The first kappa shape index (κ1) is 29.2. The highest BCUT2D eigenvalue weighted by atomic mass is 15.0.